The Kier molecular flexibility index (Phi) is 11.7. The van der Waals surface area contributed by atoms with Crippen molar-refractivity contribution in [3.8, 4) is 12.1 Å². The molecule has 1 unspecified atom stereocenters. The van der Waals surface area contributed by atoms with E-state index in [0.717, 1.165) is 0 Å². The molecule has 0 aromatic heterocycles. The fraction of sp³-hybridized carbons (Fsp3) is 0.600. The van der Waals surface area contributed by atoms with Gasteiger partial charge in [-0.05, 0) is 6.92 Å². The Morgan fingerprint density at radius 2 is 1.62 bits per heavy atom. The van der Waals surface area contributed by atoms with E-state index in [1.165, 1.54) is 13.8 Å². The molecule has 0 amide bonds. The summed E-state index contributed by atoms with van der Waals surface area (Å²) in [5.41, 5.74) is 0. The molecule has 3 nitrogen and oxygen atoms in total. The van der Waals surface area contributed by atoms with Crippen LogP contribution in [0.2, 0.25) is 0 Å². The summed E-state index contributed by atoms with van der Waals surface area (Å²) in [6.07, 6.45) is -0.810. The quantitative estimate of drug-likeness (QED) is 0.462. The molecular formula is C5H8N2O. The SMILES string of the molecule is CC#N.CC(O)C#N. The minimum Gasteiger partial charge on any atom is -0.378 e. The van der Waals surface area contributed by atoms with E-state index in [1.54, 1.807) is 12.1 Å². The first kappa shape index (κ1) is 10.0. The first-order chi connectivity index (χ1) is 3.68. The molecule has 0 heterocycles. The Morgan fingerprint density at radius 3 is 1.62 bits per heavy atom. The van der Waals surface area contributed by atoms with Crippen LogP contribution in [0, 0.1) is 22.7 Å². The van der Waals surface area contributed by atoms with Crippen molar-refractivity contribution in [3.05, 3.63) is 0 Å². The van der Waals surface area contributed by atoms with Crippen LogP contribution in [0.4, 0.5) is 0 Å². The molecule has 1 atom stereocenters. The van der Waals surface area contributed by atoms with Crippen molar-refractivity contribution in [2.45, 2.75) is 20.0 Å². The van der Waals surface area contributed by atoms with Crippen LogP contribution in [0.1, 0.15) is 13.8 Å². The summed E-state index contributed by atoms with van der Waals surface area (Å²) in [4.78, 5) is 0. The normalized spacial score (nSPS) is 9.12. The molecule has 8 heavy (non-hydrogen) atoms. The number of hydrogen-bond acceptors (Lipinski definition) is 3. The van der Waals surface area contributed by atoms with Crippen LogP contribution in [-0.4, -0.2) is 11.2 Å². The van der Waals surface area contributed by atoms with Crippen molar-refractivity contribution in [2.75, 3.05) is 0 Å². The number of aliphatic hydroxyl groups excluding tert-OH is 1. The zero-order valence-electron chi connectivity index (χ0n) is 4.92. The predicted molar refractivity (Wildman–Crippen MR) is 28.6 cm³/mol. The van der Waals surface area contributed by atoms with Gasteiger partial charge in [0.15, 0.2) is 0 Å². The maximum atomic E-state index is 8.00. The number of aliphatic hydroxyl groups is 1. The molecule has 0 fully saturated rings. The lowest BCUT2D eigenvalue weighted by molar-refractivity contribution is 0.251. The van der Waals surface area contributed by atoms with Gasteiger partial charge in [0, 0.05) is 6.92 Å². The molecule has 0 aliphatic carbocycles. The smallest absolute Gasteiger partial charge is 0.137 e. The van der Waals surface area contributed by atoms with Gasteiger partial charge in [0.1, 0.15) is 6.10 Å². The van der Waals surface area contributed by atoms with Crippen LogP contribution in [0.5, 0.6) is 0 Å². The number of rotatable bonds is 0. The van der Waals surface area contributed by atoms with Crippen LogP contribution in [0.3, 0.4) is 0 Å². The molecule has 0 aliphatic heterocycles. The van der Waals surface area contributed by atoms with E-state index < -0.39 is 6.10 Å². The van der Waals surface area contributed by atoms with Gasteiger partial charge < -0.3 is 5.11 Å². The lowest BCUT2D eigenvalue weighted by atomic mass is 10.5. The second kappa shape index (κ2) is 9.34. The Bertz CT molecular complexity index is 107. The average Bonchev–Trinajstić information content (AvgIpc) is 1.69. The zero-order valence-corrected chi connectivity index (χ0v) is 4.92. The lowest BCUT2D eigenvalue weighted by Crippen LogP contribution is -1.90. The monoisotopic (exact) mass is 112 g/mol. The molecular weight excluding hydrogens is 104 g/mol. The van der Waals surface area contributed by atoms with Gasteiger partial charge >= 0.3 is 0 Å². The molecule has 0 spiro atoms. The van der Waals surface area contributed by atoms with Crippen LogP contribution < -0.4 is 0 Å². The molecule has 0 aliphatic rings. The van der Waals surface area contributed by atoms with Crippen LogP contribution in [0.25, 0.3) is 0 Å². The van der Waals surface area contributed by atoms with Crippen molar-refractivity contribution >= 4 is 0 Å². The van der Waals surface area contributed by atoms with E-state index in [4.69, 9.17) is 15.6 Å². The van der Waals surface area contributed by atoms with Crippen molar-refractivity contribution in [1.29, 1.82) is 10.5 Å². The van der Waals surface area contributed by atoms with Gasteiger partial charge in [-0.15, -0.1) is 0 Å². The van der Waals surface area contributed by atoms with E-state index in [2.05, 4.69) is 0 Å². The molecule has 3 heteroatoms. The first-order valence-corrected chi connectivity index (χ1v) is 2.07. The Balaban J connectivity index is 0. The lowest BCUT2D eigenvalue weighted by Gasteiger charge is -1.76. The molecule has 0 aromatic carbocycles. The van der Waals surface area contributed by atoms with E-state index in [1.807, 2.05) is 0 Å². The predicted octanol–water partition coefficient (Wildman–Crippen LogP) is 0.421. The Hall–Kier alpha value is -1.06. The first-order valence-electron chi connectivity index (χ1n) is 2.07. The van der Waals surface area contributed by atoms with Crippen molar-refractivity contribution in [2.24, 2.45) is 0 Å². The summed E-state index contributed by atoms with van der Waals surface area (Å²) < 4.78 is 0. The third-order valence-electron chi connectivity index (χ3n) is 0.187. The van der Waals surface area contributed by atoms with Crippen LogP contribution in [-0.2, 0) is 0 Å². The molecule has 1 N–H and O–H groups in total. The third-order valence-corrected chi connectivity index (χ3v) is 0.187. The number of nitrogens with zero attached hydrogens (tertiary/aromatic N) is 2. The summed E-state index contributed by atoms with van der Waals surface area (Å²) in [6.45, 7) is 2.85. The summed E-state index contributed by atoms with van der Waals surface area (Å²) in [6, 6.07) is 3.33. The van der Waals surface area contributed by atoms with E-state index in [0.29, 0.717) is 0 Å². The fourth-order valence-electron chi connectivity index (χ4n) is 0. The van der Waals surface area contributed by atoms with Gasteiger partial charge in [0.2, 0.25) is 0 Å². The van der Waals surface area contributed by atoms with Gasteiger partial charge in [-0.2, -0.15) is 10.5 Å². The topological polar surface area (TPSA) is 67.8 Å². The molecule has 0 saturated heterocycles. The summed E-state index contributed by atoms with van der Waals surface area (Å²) >= 11 is 0. The van der Waals surface area contributed by atoms with Crippen LogP contribution >= 0.6 is 0 Å². The summed E-state index contributed by atoms with van der Waals surface area (Å²) in [5.74, 6) is 0. The third kappa shape index (κ3) is 86.8. The summed E-state index contributed by atoms with van der Waals surface area (Å²) in [5, 5.41) is 23.0. The Morgan fingerprint density at radius 1 is 1.50 bits per heavy atom. The maximum Gasteiger partial charge on any atom is 0.137 e. The Labute approximate surface area is 48.8 Å². The van der Waals surface area contributed by atoms with Gasteiger partial charge in [-0.3, -0.25) is 0 Å². The van der Waals surface area contributed by atoms with Crippen molar-refractivity contribution < 1.29 is 5.11 Å². The highest BCUT2D eigenvalue weighted by atomic mass is 16.3. The largest absolute Gasteiger partial charge is 0.378 e. The molecule has 44 valence electrons. The number of hydrogen-bond donors (Lipinski definition) is 1. The van der Waals surface area contributed by atoms with Gasteiger partial charge in [0.05, 0.1) is 12.1 Å². The minimum absolute atomic E-state index is 0.810. The van der Waals surface area contributed by atoms with Crippen LogP contribution in [0.15, 0.2) is 0 Å². The second-order valence-electron chi connectivity index (χ2n) is 1.03. The molecule has 0 aromatic rings. The number of nitriles is 2. The fourth-order valence-corrected chi connectivity index (χ4v) is 0. The maximum absolute atomic E-state index is 8.00. The van der Waals surface area contributed by atoms with E-state index in [-0.39, 0.29) is 0 Å². The highest BCUT2D eigenvalue weighted by molar-refractivity contribution is 4.75. The second-order valence-corrected chi connectivity index (χ2v) is 1.03. The minimum atomic E-state index is -0.810. The van der Waals surface area contributed by atoms with Gasteiger partial charge in [-0.1, -0.05) is 0 Å². The van der Waals surface area contributed by atoms with Gasteiger partial charge in [0.25, 0.3) is 0 Å². The highest BCUT2D eigenvalue weighted by Crippen LogP contribution is 1.66. The molecule has 0 bridgehead atoms. The summed E-state index contributed by atoms with van der Waals surface area (Å²) in [7, 11) is 0. The van der Waals surface area contributed by atoms with Crippen molar-refractivity contribution in [3.63, 3.8) is 0 Å². The zero-order chi connectivity index (χ0) is 6.99. The molecule has 0 rings (SSSR count). The molecule has 0 radical (unpaired) electrons. The van der Waals surface area contributed by atoms with Crippen molar-refractivity contribution in [1.82, 2.24) is 0 Å². The van der Waals surface area contributed by atoms with E-state index in [9.17, 15) is 0 Å². The molecule has 0 saturated carbocycles. The van der Waals surface area contributed by atoms with Gasteiger partial charge in [-0.25, -0.2) is 0 Å². The van der Waals surface area contributed by atoms with E-state index >= 15 is 0 Å². The standard InChI is InChI=1S/C3H5NO.C2H3N/c1-3(5)2-4;1-2-3/h3,5H,1H3;1H3. The highest BCUT2D eigenvalue weighted by Gasteiger charge is 1.80. The average molecular weight is 112 g/mol.